The summed E-state index contributed by atoms with van der Waals surface area (Å²) in [6, 6.07) is 7.26. The van der Waals surface area contributed by atoms with Crippen LogP contribution in [0.5, 0.6) is 0 Å². The van der Waals surface area contributed by atoms with E-state index in [0.717, 1.165) is 11.3 Å². The molecule has 0 bridgehead atoms. The fourth-order valence-corrected chi connectivity index (χ4v) is 2.74. The Kier molecular flexibility index (Phi) is 4.01. The van der Waals surface area contributed by atoms with Crippen molar-refractivity contribution in [1.29, 1.82) is 0 Å². The van der Waals surface area contributed by atoms with Gasteiger partial charge in [0, 0.05) is 19.7 Å². The van der Waals surface area contributed by atoms with Gasteiger partial charge in [-0.3, -0.25) is 14.5 Å². The monoisotopic (exact) mass is 292 g/mol. The number of thioether (sulfide) groups is 1. The number of rotatable bonds is 2. The van der Waals surface area contributed by atoms with Crippen LogP contribution in [0.2, 0.25) is 0 Å². The summed E-state index contributed by atoms with van der Waals surface area (Å²) in [6.45, 7) is 1.46. The Bertz CT molecular complexity index is 579. The summed E-state index contributed by atoms with van der Waals surface area (Å²) in [6.07, 6.45) is 1.79. The number of anilines is 1. The molecule has 4 nitrogen and oxygen atoms in total. The average Bonchev–Trinajstić information content (AvgIpc) is 2.59. The third-order valence-electron chi connectivity index (χ3n) is 2.52. The van der Waals surface area contributed by atoms with Crippen LogP contribution in [0.3, 0.4) is 0 Å². The minimum Gasteiger partial charge on any atom is -0.326 e. The van der Waals surface area contributed by atoms with Gasteiger partial charge in [-0.25, -0.2) is 0 Å². The zero-order chi connectivity index (χ0) is 14.0. The van der Waals surface area contributed by atoms with Gasteiger partial charge < -0.3 is 5.32 Å². The van der Waals surface area contributed by atoms with Gasteiger partial charge >= 0.3 is 0 Å². The van der Waals surface area contributed by atoms with Gasteiger partial charge in [-0.1, -0.05) is 36.1 Å². The van der Waals surface area contributed by atoms with Crippen molar-refractivity contribution in [2.45, 2.75) is 6.92 Å². The molecule has 1 saturated heterocycles. The van der Waals surface area contributed by atoms with Crippen LogP contribution in [0.1, 0.15) is 12.5 Å². The number of carbonyl (C=O) groups excluding carboxylic acids is 2. The molecule has 1 N–H and O–H groups in total. The second kappa shape index (κ2) is 5.54. The number of amides is 2. The summed E-state index contributed by atoms with van der Waals surface area (Å²) in [5.41, 5.74) is 1.62. The number of benzene rings is 1. The van der Waals surface area contributed by atoms with Crippen LogP contribution in [0.15, 0.2) is 29.2 Å². The number of hydrogen-bond donors (Lipinski definition) is 1. The molecular formula is C13H12N2O2S2. The fraction of sp³-hybridized carbons (Fsp3) is 0.154. The van der Waals surface area contributed by atoms with Crippen molar-refractivity contribution in [2.24, 2.45) is 0 Å². The predicted octanol–water partition coefficient (Wildman–Crippen LogP) is 2.48. The maximum atomic E-state index is 11.8. The van der Waals surface area contributed by atoms with Gasteiger partial charge in [0.1, 0.15) is 4.32 Å². The van der Waals surface area contributed by atoms with Gasteiger partial charge in [-0.15, -0.1) is 0 Å². The Morgan fingerprint density at radius 1 is 1.37 bits per heavy atom. The Hall–Kier alpha value is -1.66. The first-order valence-corrected chi connectivity index (χ1v) is 6.79. The molecule has 2 rings (SSSR count). The lowest BCUT2D eigenvalue weighted by Crippen LogP contribution is -2.22. The van der Waals surface area contributed by atoms with E-state index in [9.17, 15) is 9.59 Å². The fourth-order valence-electron chi connectivity index (χ4n) is 1.56. The van der Waals surface area contributed by atoms with Crippen LogP contribution in [0.4, 0.5) is 5.69 Å². The first kappa shape index (κ1) is 13.8. The molecule has 1 aromatic rings. The van der Waals surface area contributed by atoms with Gasteiger partial charge in [0.15, 0.2) is 0 Å². The van der Waals surface area contributed by atoms with E-state index in [1.54, 1.807) is 25.3 Å². The van der Waals surface area contributed by atoms with Crippen LogP contribution in [-0.4, -0.2) is 28.1 Å². The molecular weight excluding hydrogens is 280 g/mol. The molecule has 0 aromatic heterocycles. The van der Waals surface area contributed by atoms with Crippen molar-refractivity contribution in [2.75, 3.05) is 12.4 Å². The molecule has 1 aliphatic rings. The summed E-state index contributed by atoms with van der Waals surface area (Å²) < 4.78 is 0.561. The van der Waals surface area contributed by atoms with Crippen molar-refractivity contribution < 1.29 is 9.59 Å². The smallest absolute Gasteiger partial charge is 0.265 e. The summed E-state index contributed by atoms with van der Waals surface area (Å²) in [7, 11) is 1.67. The SMILES string of the molecule is CC(=O)Nc1ccc(/C=C2\SC(=S)N(C)C2=O)cc1. The Labute approximate surface area is 120 Å². The van der Waals surface area contributed by atoms with E-state index < -0.39 is 0 Å². The lowest BCUT2D eigenvalue weighted by Gasteiger charge is -2.04. The molecule has 2 amide bonds. The summed E-state index contributed by atoms with van der Waals surface area (Å²) in [5, 5.41) is 2.69. The topological polar surface area (TPSA) is 49.4 Å². The van der Waals surface area contributed by atoms with E-state index in [0.29, 0.717) is 9.23 Å². The second-order valence-electron chi connectivity index (χ2n) is 4.04. The standard InChI is InChI=1S/C13H12N2O2S2/c1-8(16)14-10-5-3-9(4-6-10)7-11-12(17)15(2)13(18)19-11/h3-7H,1-2H3,(H,14,16)/b11-7-. The third kappa shape index (κ3) is 3.21. The molecule has 1 aliphatic heterocycles. The minimum absolute atomic E-state index is 0.0825. The van der Waals surface area contributed by atoms with Gasteiger partial charge in [-0.05, 0) is 23.8 Å². The highest BCUT2D eigenvalue weighted by molar-refractivity contribution is 8.26. The van der Waals surface area contributed by atoms with Crippen molar-refractivity contribution in [1.82, 2.24) is 4.90 Å². The Balaban J connectivity index is 2.18. The molecule has 6 heteroatoms. The zero-order valence-corrected chi connectivity index (χ0v) is 12.1. The molecule has 98 valence electrons. The molecule has 0 spiro atoms. The number of likely N-dealkylation sites (N-methyl/N-ethyl adjacent to an activating group) is 1. The quantitative estimate of drug-likeness (QED) is 0.672. The lowest BCUT2D eigenvalue weighted by atomic mass is 10.2. The number of thiocarbonyl (C=S) groups is 1. The molecule has 0 unspecified atom stereocenters. The van der Waals surface area contributed by atoms with E-state index in [1.807, 2.05) is 12.1 Å². The summed E-state index contributed by atoms with van der Waals surface area (Å²) in [4.78, 5) is 24.8. The van der Waals surface area contributed by atoms with Crippen molar-refractivity contribution >= 4 is 51.9 Å². The molecule has 19 heavy (non-hydrogen) atoms. The summed E-state index contributed by atoms with van der Waals surface area (Å²) >= 11 is 6.35. The van der Waals surface area contributed by atoms with Gasteiger partial charge in [0.2, 0.25) is 5.91 Å². The van der Waals surface area contributed by atoms with Crippen LogP contribution in [-0.2, 0) is 9.59 Å². The number of nitrogens with one attached hydrogen (secondary N) is 1. The van der Waals surface area contributed by atoms with E-state index in [4.69, 9.17) is 12.2 Å². The van der Waals surface area contributed by atoms with Crippen LogP contribution in [0, 0.1) is 0 Å². The maximum Gasteiger partial charge on any atom is 0.265 e. The molecule has 0 aliphatic carbocycles. The highest BCUT2D eigenvalue weighted by Crippen LogP contribution is 2.31. The first-order valence-electron chi connectivity index (χ1n) is 5.56. The first-order chi connectivity index (χ1) is 8.97. The lowest BCUT2D eigenvalue weighted by molar-refractivity contribution is -0.121. The van der Waals surface area contributed by atoms with E-state index in [1.165, 1.54) is 23.6 Å². The van der Waals surface area contributed by atoms with E-state index >= 15 is 0 Å². The summed E-state index contributed by atoms with van der Waals surface area (Å²) in [5.74, 6) is -0.194. The van der Waals surface area contributed by atoms with E-state index in [2.05, 4.69) is 5.32 Å². The molecule has 0 atom stereocenters. The Morgan fingerprint density at radius 2 is 2.00 bits per heavy atom. The van der Waals surface area contributed by atoms with Gasteiger partial charge in [0.05, 0.1) is 4.91 Å². The molecule has 1 fully saturated rings. The molecule has 0 saturated carbocycles. The Morgan fingerprint density at radius 3 is 2.47 bits per heavy atom. The third-order valence-corrected chi connectivity index (χ3v) is 4.00. The number of nitrogens with zero attached hydrogens (tertiary/aromatic N) is 1. The van der Waals surface area contributed by atoms with E-state index in [-0.39, 0.29) is 11.8 Å². The minimum atomic E-state index is -0.111. The van der Waals surface area contributed by atoms with Crippen LogP contribution >= 0.6 is 24.0 Å². The van der Waals surface area contributed by atoms with Crippen molar-refractivity contribution in [3.8, 4) is 0 Å². The maximum absolute atomic E-state index is 11.8. The van der Waals surface area contributed by atoms with Crippen molar-refractivity contribution in [3.05, 3.63) is 34.7 Å². The van der Waals surface area contributed by atoms with Gasteiger partial charge in [0.25, 0.3) is 5.91 Å². The highest BCUT2D eigenvalue weighted by atomic mass is 32.2. The molecule has 1 heterocycles. The van der Waals surface area contributed by atoms with Gasteiger partial charge in [-0.2, -0.15) is 0 Å². The number of hydrogen-bond acceptors (Lipinski definition) is 4. The van der Waals surface area contributed by atoms with Crippen LogP contribution in [0.25, 0.3) is 6.08 Å². The largest absolute Gasteiger partial charge is 0.326 e. The van der Waals surface area contributed by atoms with Crippen molar-refractivity contribution in [3.63, 3.8) is 0 Å². The molecule has 1 aromatic carbocycles. The normalized spacial score (nSPS) is 17.2. The predicted molar refractivity (Wildman–Crippen MR) is 81.7 cm³/mol. The highest BCUT2D eigenvalue weighted by Gasteiger charge is 2.28. The zero-order valence-electron chi connectivity index (χ0n) is 10.5. The average molecular weight is 292 g/mol. The second-order valence-corrected chi connectivity index (χ2v) is 5.72. The number of carbonyl (C=O) groups is 2. The molecule has 0 radical (unpaired) electrons. The van der Waals surface area contributed by atoms with Crippen LogP contribution < -0.4 is 5.32 Å².